The molecule has 0 heterocycles. The van der Waals surface area contributed by atoms with Crippen molar-refractivity contribution in [1.29, 1.82) is 0 Å². The fourth-order valence-electron chi connectivity index (χ4n) is 2.27. The Morgan fingerprint density at radius 3 is 1.27 bits per heavy atom. The van der Waals surface area contributed by atoms with E-state index in [4.69, 9.17) is 14.2 Å². The van der Waals surface area contributed by atoms with E-state index in [1.807, 2.05) is 48.5 Å². The largest absolute Gasteiger partial charge is 0.497 e. The molecule has 3 aromatic rings. The molecule has 0 radical (unpaired) electrons. The van der Waals surface area contributed by atoms with Crippen molar-refractivity contribution in [3.8, 4) is 28.7 Å². The van der Waals surface area contributed by atoms with Crippen LogP contribution >= 0.6 is 0 Å². The fourth-order valence-corrected chi connectivity index (χ4v) is 2.27. The SMILES string of the molecule is COC(=O)c1ccc(Oc2ccc(Oc3ccc(OC)cc3)cc2)cc1. The highest BCUT2D eigenvalue weighted by Gasteiger charge is 2.05. The maximum atomic E-state index is 11.4. The number of methoxy groups -OCH3 is 2. The Morgan fingerprint density at radius 1 is 0.577 bits per heavy atom. The van der Waals surface area contributed by atoms with E-state index in [0.717, 1.165) is 11.5 Å². The van der Waals surface area contributed by atoms with Crippen LogP contribution < -0.4 is 14.2 Å². The third-order valence-corrected chi connectivity index (χ3v) is 3.63. The predicted molar refractivity (Wildman–Crippen MR) is 97.4 cm³/mol. The molecule has 0 atom stereocenters. The van der Waals surface area contributed by atoms with E-state index in [-0.39, 0.29) is 5.97 Å². The van der Waals surface area contributed by atoms with Gasteiger partial charge in [-0.1, -0.05) is 0 Å². The van der Waals surface area contributed by atoms with Crippen LogP contribution in [0.3, 0.4) is 0 Å². The summed E-state index contributed by atoms with van der Waals surface area (Å²) in [5.41, 5.74) is 0.475. The fraction of sp³-hybridized carbons (Fsp3) is 0.0952. The first-order chi connectivity index (χ1) is 12.7. The molecule has 0 aliphatic rings. The van der Waals surface area contributed by atoms with Gasteiger partial charge in [0.05, 0.1) is 19.8 Å². The van der Waals surface area contributed by atoms with E-state index in [1.54, 1.807) is 31.4 Å². The van der Waals surface area contributed by atoms with Gasteiger partial charge >= 0.3 is 5.97 Å². The zero-order valence-electron chi connectivity index (χ0n) is 14.5. The molecule has 0 spiro atoms. The number of carbonyl (C=O) groups is 1. The Balaban J connectivity index is 1.62. The van der Waals surface area contributed by atoms with Crippen molar-refractivity contribution in [2.24, 2.45) is 0 Å². The van der Waals surface area contributed by atoms with Crippen LogP contribution in [0.25, 0.3) is 0 Å². The smallest absolute Gasteiger partial charge is 0.337 e. The van der Waals surface area contributed by atoms with Crippen LogP contribution in [-0.2, 0) is 4.74 Å². The second kappa shape index (κ2) is 8.07. The molecule has 0 bridgehead atoms. The van der Waals surface area contributed by atoms with Gasteiger partial charge in [0.2, 0.25) is 0 Å². The first-order valence-corrected chi connectivity index (χ1v) is 7.96. The Bertz CT molecular complexity index is 852. The lowest BCUT2D eigenvalue weighted by molar-refractivity contribution is 0.0600. The summed E-state index contributed by atoms with van der Waals surface area (Å²) >= 11 is 0. The molecule has 0 aliphatic carbocycles. The molecule has 0 saturated heterocycles. The van der Waals surface area contributed by atoms with Crippen molar-refractivity contribution >= 4 is 5.97 Å². The van der Waals surface area contributed by atoms with Crippen molar-refractivity contribution in [2.75, 3.05) is 14.2 Å². The summed E-state index contributed by atoms with van der Waals surface area (Å²) in [7, 11) is 2.97. The average Bonchev–Trinajstić information content (AvgIpc) is 2.70. The maximum absolute atomic E-state index is 11.4. The van der Waals surface area contributed by atoms with Gasteiger partial charge in [-0.05, 0) is 72.8 Å². The van der Waals surface area contributed by atoms with Crippen LogP contribution in [0.5, 0.6) is 28.7 Å². The second-order valence-corrected chi connectivity index (χ2v) is 5.37. The minimum atomic E-state index is -0.378. The number of benzene rings is 3. The molecule has 3 rings (SSSR count). The minimum Gasteiger partial charge on any atom is -0.497 e. The van der Waals surface area contributed by atoms with Crippen LogP contribution in [0.2, 0.25) is 0 Å². The van der Waals surface area contributed by atoms with E-state index < -0.39 is 0 Å². The van der Waals surface area contributed by atoms with E-state index in [0.29, 0.717) is 22.8 Å². The van der Waals surface area contributed by atoms with Crippen molar-refractivity contribution < 1.29 is 23.7 Å². The highest BCUT2D eigenvalue weighted by atomic mass is 16.5. The van der Waals surface area contributed by atoms with Gasteiger partial charge in [0.25, 0.3) is 0 Å². The minimum absolute atomic E-state index is 0.378. The first kappa shape index (κ1) is 17.4. The number of carbonyl (C=O) groups excluding carboxylic acids is 1. The molecule has 5 heteroatoms. The average molecular weight is 350 g/mol. The standard InChI is InChI=1S/C21H18O5/c1-23-16-7-9-18(10-8-16)26-20-13-11-19(12-14-20)25-17-5-3-15(4-6-17)21(22)24-2/h3-14H,1-2H3. The number of hydrogen-bond donors (Lipinski definition) is 0. The lowest BCUT2D eigenvalue weighted by Crippen LogP contribution is -2.00. The molecule has 26 heavy (non-hydrogen) atoms. The molecule has 5 nitrogen and oxygen atoms in total. The summed E-state index contributed by atoms with van der Waals surface area (Å²) in [5.74, 6) is 3.11. The third kappa shape index (κ3) is 4.33. The monoisotopic (exact) mass is 350 g/mol. The van der Waals surface area contributed by atoms with Crippen molar-refractivity contribution in [3.63, 3.8) is 0 Å². The van der Waals surface area contributed by atoms with Crippen LogP contribution in [0, 0.1) is 0 Å². The highest BCUT2D eigenvalue weighted by molar-refractivity contribution is 5.89. The third-order valence-electron chi connectivity index (χ3n) is 3.63. The maximum Gasteiger partial charge on any atom is 0.337 e. The summed E-state index contributed by atoms with van der Waals surface area (Å²) in [6, 6.07) is 21.4. The van der Waals surface area contributed by atoms with Crippen molar-refractivity contribution in [1.82, 2.24) is 0 Å². The molecule has 0 fully saturated rings. The molecule has 0 saturated carbocycles. The van der Waals surface area contributed by atoms with Gasteiger partial charge in [0.1, 0.15) is 28.7 Å². The Labute approximate surface area is 151 Å². The zero-order valence-corrected chi connectivity index (χ0v) is 14.5. The molecule has 0 N–H and O–H groups in total. The van der Waals surface area contributed by atoms with Gasteiger partial charge < -0.3 is 18.9 Å². The van der Waals surface area contributed by atoms with Gasteiger partial charge in [-0.15, -0.1) is 0 Å². The molecule has 132 valence electrons. The van der Waals surface area contributed by atoms with E-state index in [2.05, 4.69) is 4.74 Å². The van der Waals surface area contributed by atoms with Crippen LogP contribution in [0.15, 0.2) is 72.8 Å². The Kier molecular flexibility index (Phi) is 5.39. The number of rotatable bonds is 6. The van der Waals surface area contributed by atoms with Crippen molar-refractivity contribution in [2.45, 2.75) is 0 Å². The Hall–Kier alpha value is -3.47. The number of esters is 1. The van der Waals surface area contributed by atoms with E-state index in [1.165, 1.54) is 7.11 Å². The summed E-state index contributed by atoms with van der Waals surface area (Å²) < 4.78 is 21.3. The summed E-state index contributed by atoms with van der Waals surface area (Å²) in [5, 5.41) is 0. The van der Waals surface area contributed by atoms with E-state index >= 15 is 0 Å². The number of ether oxygens (including phenoxy) is 4. The molecule has 0 unspecified atom stereocenters. The van der Waals surface area contributed by atoms with E-state index in [9.17, 15) is 4.79 Å². The molecular formula is C21H18O5. The second-order valence-electron chi connectivity index (χ2n) is 5.37. The lowest BCUT2D eigenvalue weighted by atomic mass is 10.2. The summed E-state index contributed by atoms with van der Waals surface area (Å²) in [6.07, 6.45) is 0. The molecule has 0 aromatic heterocycles. The molecule has 3 aromatic carbocycles. The zero-order chi connectivity index (χ0) is 18.4. The molecule has 0 aliphatic heterocycles. The highest BCUT2D eigenvalue weighted by Crippen LogP contribution is 2.27. The first-order valence-electron chi connectivity index (χ1n) is 7.96. The predicted octanol–water partition coefficient (Wildman–Crippen LogP) is 5.07. The van der Waals surface area contributed by atoms with Gasteiger partial charge in [-0.2, -0.15) is 0 Å². The summed E-state index contributed by atoms with van der Waals surface area (Å²) in [6.45, 7) is 0. The topological polar surface area (TPSA) is 54.0 Å². The number of hydrogen-bond acceptors (Lipinski definition) is 5. The van der Waals surface area contributed by atoms with Gasteiger partial charge in [0, 0.05) is 0 Å². The normalized spacial score (nSPS) is 10.1. The summed E-state index contributed by atoms with van der Waals surface area (Å²) in [4.78, 5) is 11.4. The van der Waals surface area contributed by atoms with Gasteiger partial charge in [-0.25, -0.2) is 4.79 Å². The van der Waals surface area contributed by atoms with Crippen LogP contribution in [0.4, 0.5) is 0 Å². The molecule has 0 amide bonds. The van der Waals surface area contributed by atoms with Crippen LogP contribution in [-0.4, -0.2) is 20.2 Å². The van der Waals surface area contributed by atoms with Crippen molar-refractivity contribution in [3.05, 3.63) is 78.4 Å². The van der Waals surface area contributed by atoms with Crippen LogP contribution in [0.1, 0.15) is 10.4 Å². The van der Waals surface area contributed by atoms with Gasteiger partial charge in [-0.3, -0.25) is 0 Å². The Morgan fingerprint density at radius 2 is 0.923 bits per heavy atom. The lowest BCUT2D eigenvalue weighted by Gasteiger charge is -2.09. The molecular weight excluding hydrogens is 332 g/mol. The quantitative estimate of drug-likeness (QED) is 0.581. The van der Waals surface area contributed by atoms with Gasteiger partial charge in [0.15, 0.2) is 0 Å².